The topological polar surface area (TPSA) is 56.1 Å². The number of nitrogens with one attached hydrogen (secondary N) is 1. The number of fused-ring (bicyclic) bond motifs is 3. The van der Waals surface area contributed by atoms with Crippen molar-refractivity contribution in [2.75, 3.05) is 19.6 Å². The van der Waals surface area contributed by atoms with E-state index >= 15 is 0 Å². The molecule has 3 heterocycles. The maximum atomic E-state index is 12.2. The second kappa shape index (κ2) is 6.22. The Kier molecular flexibility index (Phi) is 4.13. The molecule has 0 spiro atoms. The number of nitrogens with zero attached hydrogens (tertiary/aromatic N) is 2. The first-order valence-electron chi connectivity index (χ1n) is 7.70. The fraction of sp³-hybridized carbons (Fsp3) is 0.444. The van der Waals surface area contributed by atoms with Gasteiger partial charge in [0.15, 0.2) is 0 Å². The van der Waals surface area contributed by atoms with Gasteiger partial charge in [-0.25, -0.2) is 0 Å². The van der Waals surface area contributed by atoms with E-state index in [1.165, 1.54) is 6.42 Å². The lowest BCUT2D eigenvalue weighted by Crippen LogP contribution is -2.56. The highest BCUT2D eigenvalue weighted by molar-refractivity contribution is 5.94. The number of carbonyl (C=O) groups is 1. The molecule has 0 radical (unpaired) electrons. The minimum Gasteiger partial charge on any atom is -0.350 e. The average Bonchev–Trinajstić information content (AvgIpc) is 2.60. The minimum absolute atomic E-state index is 0.0827. The van der Waals surface area contributed by atoms with Gasteiger partial charge in [0.25, 0.3) is 5.91 Å². The number of terminal acetylenes is 1. The van der Waals surface area contributed by atoms with Gasteiger partial charge in [-0.2, -0.15) is 5.26 Å². The molecule has 0 saturated carbocycles. The number of benzene rings is 1. The maximum Gasteiger partial charge on any atom is 0.251 e. The molecule has 0 aliphatic carbocycles. The van der Waals surface area contributed by atoms with Crippen molar-refractivity contribution in [3.8, 4) is 18.4 Å². The maximum absolute atomic E-state index is 12.2. The highest BCUT2D eigenvalue weighted by Gasteiger charge is 2.39. The molecule has 4 atom stereocenters. The number of nitriles is 1. The molecular weight excluding hydrogens is 274 g/mol. The smallest absolute Gasteiger partial charge is 0.251 e. The van der Waals surface area contributed by atoms with Crippen molar-refractivity contribution in [2.45, 2.75) is 18.9 Å². The van der Waals surface area contributed by atoms with Gasteiger partial charge in [0, 0.05) is 30.6 Å². The largest absolute Gasteiger partial charge is 0.350 e. The van der Waals surface area contributed by atoms with E-state index in [0.29, 0.717) is 35.5 Å². The van der Waals surface area contributed by atoms with E-state index in [-0.39, 0.29) is 5.91 Å². The van der Waals surface area contributed by atoms with Gasteiger partial charge in [-0.1, -0.05) is 0 Å². The van der Waals surface area contributed by atoms with E-state index in [1.807, 2.05) is 0 Å². The van der Waals surface area contributed by atoms with E-state index in [2.05, 4.69) is 22.2 Å². The van der Waals surface area contributed by atoms with Crippen molar-refractivity contribution >= 4 is 5.91 Å². The molecule has 4 heteroatoms. The van der Waals surface area contributed by atoms with Crippen LogP contribution in [0.25, 0.3) is 0 Å². The predicted octanol–water partition coefficient (Wildman–Crippen LogP) is 1.63. The Labute approximate surface area is 131 Å². The SMILES string of the molecule is C#C[C@@H]1CN2CC[C@H]1C[C@@H]2CNC(=O)c1ccc(C#N)cc1. The molecule has 3 fully saturated rings. The summed E-state index contributed by atoms with van der Waals surface area (Å²) in [4.78, 5) is 14.6. The summed E-state index contributed by atoms with van der Waals surface area (Å²) in [6.07, 6.45) is 7.84. The lowest BCUT2D eigenvalue weighted by Gasteiger charge is -2.48. The van der Waals surface area contributed by atoms with Crippen LogP contribution in [-0.4, -0.2) is 36.5 Å². The highest BCUT2D eigenvalue weighted by Crippen LogP contribution is 2.35. The van der Waals surface area contributed by atoms with Gasteiger partial charge >= 0.3 is 0 Å². The fourth-order valence-corrected chi connectivity index (χ4v) is 3.55. The zero-order valence-corrected chi connectivity index (χ0v) is 12.5. The molecule has 4 rings (SSSR count). The van der Waals surface area contributed by atoms with Crippen LogP contribution in [0.5, 0.6) is 0 Å². The van der Waals surface area contributed by atoms with Gasteiger partial charge in [-0.05, 0) is 49.6 Å². The zero-order chi connectivity index (χ0) is 15.5. The van der Waals surface area contributed by atoms with E-state index in [9.17, 15) is 4.79 Å². The molecule has 0 aromatic heterocycles. The van der Waals surface area contributed by atoms with Crippen molar-refractivity contribution in [1.82, 2.24) is 10.2 Å². The number of hydrogen-bond donors (Lipinski definition) is 1. The summed E-state index contributed by atoms with van der Waals surface area (Å²) in [6.45, 7) is 2.70. The Morgan fingerprint density at radius 1 is 1.41 bits per heavy atom. The molecule has 4 nitrogen and oxygen atoms in total. The number of amides is 1. The van der Waals surface area contributed by atoms with E-state index in [0.717, 1.165) is 19.5 Å². The van der Waals surface area contributed by atoms with Crippen LogP contribution in [0.2, 0.25) is 0 Å². The Morgan fingerprint density at radius 2 is 2.18 bits per heavy atom. The van der Waals surface area contributed by atoms with Crippen LogP contribution in [0.3, 0.4) is 0 Å². The lowest BCUT2D eigenvalue weighted by atomic mass is 9.76. The Morgan fingerprint density at radius 3 is 2.77 bits per heavy atom. The normalized spacial score (nSPS) is 29.4. The van der Waals surface area contributed by atoms with Gasteiger partial charge < -0.3 is 5.32 Å². The van der Waals surface area contributed by atoms with Gasteiger partial charge in [-0.15, -0.1) is 12.3 Å². The van der Waals surface area contributed by atoms with Crippen LogP contribution in [0.1, 0.15) is 28.8 Å². The van der Waals surface area contributed by atoms with E-state index < -0.39 is 0 Å². The third-order valence-corrected chi connectivity index (χ3v) is 4.87. The quantitative estimate of drug-likeness (QED) is 0.862. The first kappa shape index (κ1) is 14.6. The number of rotatable bonds is 3. The van der Waals surface area contributed by atoms with Crippen molar-refractivity contribution in [2.24, 2.45) is 11.8 Å². The zero-order valence-electron chi connectivity index (χ0n) is 12.5. The molecule has 1 amide bonds. The van der Waals surface area contributed by atoms with Crippen LogP contribution >= 0.6 is 0 Å². The van der Waals surface area contributed by atoms with Crippen molar-refractivity contribution in [3.63, 3.8) is 0 Å². The first-order chi connectivity index (χ1) is 10.7. The molecule has 3 aliphatic rings. The summed E-state index contributed by atoms with van der Waals surface area (Å²) in [7, 11) is 0. The summed E-state index contributed by atoms with van der Waals surface area (Å²) in [6, 6.07) is 9.15. The molecule has 1 unspecified atom stereocenters. The van der Waals surface area contributed by atoms with Crippen molar-refractivity contribution in [3.05, 3.63) is 35.4 Å². The van der Waals surface area contributed by atoms with E-state index in [4.69, 9.17) is 11.7 Å². The molecule has 2 bridgehead atoms. The third-order valence-electron chi connectivity index (χ3n) is 4.87. The molecule has 1 aromatic carbocycles. The van der Waals surface area contributed by atoms with Gasteiger partial charge in [0.1, 0.15) is 0 Å². The van der Waals surface area contributed by atoms with Crippen LogP contribution in [0.15, 0.2) is 24.3 Å². The van der Waals surface area contributed by atoms with Crippen LogP contribution in [0.4, 0.5) is 0 Å². The standard InChI is InChI=1S/C18H19N3O/c1-2-14-12-21-8-7-16(14)9-17(21)11-20-18(22)15-5-3-13(10-19)4-6-15/h1,3-6,14,16-17H,7-9,11-12H2,(H,20,22)/t14-,16+,17-/m1/s1. The number of hydrogen-bond acceptors (Lipinski definition) is 3. The van der Waals surface area contributed by atoms with E-state index in [1.54, 1.807) is 24.3 Å². The summed E-state index contributed by atoms with van der Waals surface area (Å²) < 4.78 is 0. The number of carbonyl (C=O) groups excluding carboxylic acids is 1. The highest BCUT2D eigenvalue weighted by atomic mass is 16.1. The fourth-order valence-electron chi connectivity index (χ4n) is 3.55. The minimum atomic E-state index is -0.0827. The van der Waals surface area contributed by atoms with Gasteiger partial charge in [0.05, 0.1) is 11.6 Å². The van der Waals surface area contributed by atoms with Gasteiger partial charge in [0.2, 0.25) is 0 Å². The summed E-state index contributed by atoms with van der Waals surface area (Å²) in [5, 5.41) is 11.8. The number of piperidine rings is 3. The molecule has 112 valence electrons. The van der Waals surface area contributed by atoms with Crippen LogP contribution in [0, 0.1) is 35.5 Å². The van der Waals surface area contributed by atoms with Crippen molar-refractivity contribution < 1.29 is 4.79 Å². The van der Waals surface area contributed by atoms with Crippen LogP contribution < -0.4 is 5.32 Å². The molecule has 3 aliphatic heterocycles. The van der Waals surface area contributed by atoms with Gasteiger partial charge in [-0.3, -0.25) is 9.69 Å². The predicted molar refractivity (Wildman–Crippen MR) is 83.9 cm³/mol. The third kappa shape index (κ3) is 2.84. The average molecular weight is 293 g/mol. The Hall–Kier alpha value is -2.30. The monoisotopic (exact) mass is 293 g/mol. The lowest BCUT2D eigenvalue weighted by molar-refractivity contribution is 0.0227. The molecule has 1 aromatic rings. The Balaban J connectivity index is 1.56. The summed E-state index contributed by atoms with van der Waals surface area (Å²) in [5.41, 5.74) is 1.16. The second-order valence-electron chi connectivity index (χ2n) is 6.11. The summed E-state index contributed by atoms with van der Waals surface area (Å²) >= 11 is 0. The molecule has 1 N–H and O–H groups in total. The second-order valence-corrected chi connectivity index (χ2v) is 6.11. The summed E-state index contributed by atoms with van der Waals surface area (Å²) in [5.74, 6) is 3.80. The molecule has 22 heavy (non-hydrogen) atoms. The molecule has 3 saturated heterocycles. The van der Waals surface area contributed by atoms with Crippen LogP contribution in [-0.2, 0) is 0 Å². The molecular formula is C18H19N3O. The van der Waals surface area contributed by atoms with Crippen molar-refractivity contribution in [1.29, 1.82) is 5.26 Å². The Bertz CT molecular complexity index is 638. The first-order valence-corrected chi connectivity index (χ1v) is 7.70.